The summed E-state index contributed by atoms with van der Waals surface area (Å²) in [6.07, 6.45) is -0.327. The molecule has 0 radical (unpaired) electrons. The molecule has 1 N–H and O–H groups in total. The monoisotopic (exact) mass is 553 g/mol. The Labute approximate surface area is 225 Å². The Balaban J connectivity index is 1.37. The predicted octanol–water partition coefficient (Wildman–Crippen LogP) is 7.23. The molecule has 1 saturated carbocycles. The summed E-state index contributed by atoms with van der Waals surface area (Å²) in [5, 5.41) is 10.5. The molecule has 40 heavy (non-hydrogen) atoms. The molecule has 1 atom stereocenters. The van der Waals surface area contributed by atoms with E-state index in [1.54, 1.807) is 41.9 Å². The topological polar surface area (TPSA) is 68.8 Å². The molecule has 6 rings (SSSR count). The molecule has 3 aromatic carbocycles. The van der Waals surface area contributed by atoms with Crippen LogP contribution in [0.1, 0.15) is 30.9 Å². The maximum absolute atomic E-state index is 15.1. The molecule has 0 saturated heterocycles. The number of rotatable bonds is 7. The quantitative estimate of drug-likeness (QED) is 0.216. The summed E-state index contributed by atoms with van der Waals surface area (Å²) in [6.45, 7) is 0.209. The van der Waals surface area contributed by atoms with Crippen molar-refractivity contribution in [2.45, 2.75) is 31.5 Å². The van der Waals surface area contributed by atoms with Crippen LogP contribution in [0.5, 0.6) is 0 Å². The number of hydrogen-bond acceptors (Lipinski definition) is 5. The van der Waals surface area contributed by atoms with Crippen LogP contribution in [0.4, 0.5) is 22.0 Å². The van der Waals surface area contributed by atoms with Gasteiger partial charge < -0.3 is 14.3 Å². The van der Waals surface area contributed by atoms with Crippen LogP contribution in [0.15, 0.2) is 65.3 Å². The number of benzene rings is 3. The van der Waals surface area contributed by atoms with E-state index < -0.39 is 23.9 Å². The highest BCUT2D eigenvalue weighted by Gasteiger charge is 2.41. The Bertz CT molecular complexity index is 1690. The smallest absolute Gasteiger partial charge is 0.407 e. The van der Waals surface area contributed by atoms with Crippen LogP contribution in [-0.4, -0.2) is 32.5 Å². The van der Waals surface area contributed by atoms with Gasteiger partial charge in [-0.15, -0.1) is 10.2 Å². The Morgan fingerprint density at radius 2 is 1.82 bits per heavy atom. The van der Waals surface area contributed by atoms with Crippen molar-refractivity contribution in [2.24, 2.45) is 13.0 Å². The summed E-state index contributed by atoms with van der Waals surface area (Å²) in [7, 11) is 1.74. The molecule has 1 fully saturated rings. The van der Waals surface area contributed by atoms with Crippen LogP contribution >= 0.6 is 0 Å². The van der Waals surface area contributed by atoms with Gasteiger partial charge in [0.1, 0.15) is 23.7 Å². The first-order valence-electron chi connectivity index (χ1n) is 12.8. The number of nitrogens with one attached hydrogen (secondary N) is 1. The summed E-state index contributed by atoms with van der Waals surface area (Å²) < 4.78 is 78.3. The van der Waals surface area contributed by atoms with Crippen LogP contribution in [0.3, 0.4) is 0 Å². The summed E-state index contributed by atoms with van der Waals surface area (Å²) in [5.41, 5.74) is 1.81. The van der Waals surface area contributed by atoms with Gasteiger partial charge in [0, 0.05) is 18.2 Å². The van der Waals surface area contributed by atoms with Gasteiger partial charge in [0.2, 0.25) is 5.89 Å². The van der Waals surface area contributed by atoms with Crippen molar-refractivity contribution >= 4 is 11.1 Å². The van der Waals surface area contributed by atoms with Crippen molar-refractivity contribution in [3.63, 3.8) is 0 Å². The molecular formula is C29H24F5N5O. The number of nitrogens with zero attached hydrogens (tertiary/aromatic N) is 4. The van der Waals surface area contributed by atoms with Crippen LogP contribution in [0.25, 0.3) is 45.1 Å². The van der Waals surface area contributed by atoms with E-state index in [2.05, 4.69) is 20.5 Å². The molecule has 5 aromatic rings. The zero-order valence-electron chi connectivity index (χ0n) is 21.3. The molecular weight excluding hydrogens is 529 g/mol. The third kappa shape index (κ3) is 4.97. The molecule has 2 aromatic heterocycles. The second kappa shape index (κ2) is 10.1. The number of aryl methyl sites for hydroxylation is 1. The summed E-state index contributed by atoms with van der Waals surface area (Å²) >= 11 is 0. The van der Waals surface area contributed by atoms with Gasteiger partial charge >= 0.3 is 6.18 Å². The summed E-state index contributed by atoms with van der Waals surface area (Å²) in [5.74, 6) is -0.671. The molecule has 0 bridgehead atoms. The Morgan fingerprint density at radius 3 is 2.52 bits per heavy atom. The maximum atomic E-state index is 15.1. The van der Waals surface area contributed by atoms with Gasteiger partial charge in [-0.25, -0.2) is 13.8 Å². The molecule has 0 amide bonds. The third-order valence-electron chi connectivity index (χ3n) is 7.32. The summed E-state index contributed by atoms with van der Waals surface area (Å²) in [6, 6.07) is 11.3. The Morgan fingerprint density at radius 1 is 1.02 bits per heavy atom. The minimum atomic E-state index is -4.61. The maximum Gasteiger partial charge on any atom is 0.407 e. The van der Waals surface area contributed by atoms with Crippen molar-refractivity contribution in [2.75, 3.05) is 6.54 Å². The second-order valence-electron chi connectivity index (χ2n) is 10.1. The average molecular weight is 554 g/mol. The largest absolute Gasteiger partial charge is 0.433 e. The SMILES string of the molecule is Cn1cnnc1-c1cc(F)ccc1-c1cccc(-c2nc3cc([C@@H](NCC4CCC4)C(F)(F)F)cc(F)c3o2)c1. The van der Waals surface area contributed by atoms with Crippen LogP contribution < -0.4 is 5.32 Å². The Hall–Kier alpha value is -4.12. The van der Waals surface area contributed by atoms with Gasteiger partial charge in [-0.1, -0.05) is 24.6 Å². The van der Waals surface area contributed by atoms with Gasteiger partial charge in [0.25, 0.3) is 0 Å². The van der Waals surface area contributed by atoms with E-state index in [1.165, 1.54) is 24.5 Å². The minimum Gasteiger partial charge on any atom is -0.433 e. The first-order valence-corrected chi connectivity index (χ1v) is 12.8. The van der Waals surface area contributed by atoms with Crippen molar-refractivity contribution in [1.29, 1.82) is 0 Å². The molecule has 2 heterocycles. The van der Waals surface area contributed by atoms with Crippen LogP contribution in [0, 0.1) is 17.6 Å². The van der Waals surface area contributed by atoms with E-state index in [-0.39, 0.29) is 35.0 Å². The fourth-order valence-electron chi connectivity index (χ4n) is 5.01. The number of fused-ring (bicyclic) bond motifs is 1. The fourth-order valence-corrected chi connectivity index (χ4v) is 5.01. The molecule has 11 heteroatoms. The van der Waals surface area contributed by atoms with E-state index in [4.69, 9.17) is 4.42 Å². The van der Waals surface area contributed by atoms with Crippen molar-refractivity contribution < 1.29 is 26.4 Å². The number of oxazole rings is 1. The molecule has 6 nitrogen and oxygen atoms in total. The van der Waals surface area contributed by atoms with Gasteiger partial charge in [0.05, 0.1) is 0 Å². The van der Waals surface area contributed by atoms with Crippen LogP contribution in [-0.2, 0) is 7.05 Å². The second-order valence-corrected chi connectivity index (χ2v) is 10.1. The molecule has 1 aliphatic rings. The highest BCUT2D eigenvalue weighted by atomic mass is 19.4. The summed E-state index contributed by atoms with van der Waals surface area (Å²) in [4.78, 5) is 4.34. The highest BCUT2D eigenvalue weighted by molar-refractivity contribution is 5.83. The van der Waals surface area contributed by atoms with E-state index in [0.29, 0.717) is 28.1 Å². The lowest BCUT2D eigenvalue weighted by Gasteiger charge is -2.29. The zero-order valence-corrected chi connectivity index (χ0v) is 21.3. The zero-order chi connectivity index (χ0) is 28.0. The lowest BCUT2D eigenvalue weighted by atomic mass is 9.85. The predicted molar refractivity (Wildman–Crippen MR) is 139 cm³/mol. The minimum absolute atomic E-state index is 0.0170. The third-order valence-corrected chi connectivity index (χ3v) is 7.32. The molecule has 1 aliphatic carbocycles. The average Bonchev–Trinajstić information content (AvgIpc) is 3.51. The number of alkyl halides is 3. The molecule has 0 spiro atoms. The number of aromatic nitrogens is 4. The molecule has 206 valence electrons. The van der Waals surface area contributed by atoms with Crippen molar-refractivity contribution in [3.05, 3.63) is 78.1 Å². The first-order chi connectivity index (χ1) is 19.2. The lowest BCUT2D eigenvalue weighted by molar-refractivity contribution is -0.158. The van der Waals surface area contributed by atoms with E-state index in [0.717, 1.165) is 25.3 Å². The van der Waals surface area contributed by atoms with Crippen molar-refractivity contribution in [3.8, 4) is 34.0 Å². The van der Waals surface area contributed by atoms with Gasteiger partial charge in [-0.05, 0) is 78.4 Å². The van der Waals surface area contributed by atoms with E-state index in [9.17, 15) is 17.6 Å². The number of hydrogen-bond donors (Lipinski definition) is 1. The standard InChI is InChI=1S/C29H24F5N5O/c1-39-15-36-38-27(39)22-13-20(30)8-9-21(22)17-6-3-7-18(10-17)28-37-24-12-19(11-23(31)25(24)40-28)26(29(32,33)34)35-14-16-4-2-5-16/h3,6-13,15-16,26,35H,2,4-5,14H2,1H3/t26-/m1/s1. The van der Waals surface area contributed by atoms with E-state index in [1.807, 2.05) is 0 Å². The Kier molecular flexibility index (Phi) is 6.61. The van der Waals surface area contributed by atoms with Gasteiger partial charge in [-0.2, -0.15) is 13.2 Å². The molecule has 0 unspecified atom stereocenters. The number of halogens is 5. The lowest BCUT2D eigenvalue weighted by Crippen LogP contribution is -2.38. The van der Waals surface area contributed by atoms with E-state index >= 15 is 4.39 Å². The van der Waals surface area contributed by atoms with Crippen LogP contribution in [0.2, 0.25) is 0 Å². The highest BCUT2D eigenvalue weighted by Crippen LogP contribution is 2.38. The first kappa shape index (κ1) is 26.1. The van der Waals surface area contributed by atoms with Gasteiger partial charge in [-0.3, -0.25) is 0 Å². The van der Waals surface area contributed by atoms with Gasteiger partial charge in [0.15, 0.2) is 17.2 Å². The molecule has 0 aliphatic heterocycles. The fraction of sp³-hybridized carbons (Fsp3) is 0.276. The van der Waals surface area contributed by atoms with Crippen molar-refractivity contribution in [1.82, 2.24) is 25.1 Å². The normalized spacial score (nSPS) is 14.9.